The van der Waals surface area contributed by atoms with Gasteiger partial charge in [-0.05, 0) is 31.8 Å². The average molecular weight is 333 g/mol. The van der Waals surface area contributed by atoms with Crippen molar-refractivity contribution in [3.63, 3.8) is 0 Å². The van der Waals surface area contributed by atoms with Gasteiger partial charge in [-0.15, -0.1) is 0 Å². The molecule has 0 saturated carbocycles. The molecule has 1 atom stereocenters. The van der Waals surface area contributed by atoms with E-state index in [2.05, 4.69) is 5.32 Å². The fourth-order valence-electron chi connectivity index (χ4n) is 2.58. The zero-order valence-electron chi connectivity index (χ0n) is 14.0. The fraction of sp³-hybridized carbons (Fsp3) is 0.471. The quantitative estimate of drug-likeness (QED) is 0.754. The molecule has 0 spiro atoms. The van der Waals surface area contributed by atoms with Crippen LogP contribution in [0.25, 0.3) is 0 Å². The maximum atomic E-state index is 12.2. The van der Waals surface area contributed by atoms with Gasteiger partial charge in [-0.2, -0.15) is 0 Å². The second-order valence-corrected chi connectivity index (χ2v) is 6.26. The van der Waals surface area contributed by atoms with Crippen molar-refractivity contribution in [3.05, 3.63) is 35.4 Å². The van der Waals surface area contributed by atoms with E-state index in [0.717, 1.165) is 12.1 Å². The van der Waals surface area contributed by atoms with Crippen LogP contribution in [0.3, 0.4) is 0 Å². The van der Waals surface area contributed by atoms with Crippen LogP contribution in [0, 0.1) is 5.92 Å². The molecule has 0 radical (unpaired) electrons. The topological polar surface area (TPSA) is 89.9 Å². The third-order valence-corrected chi connectivity index (χ3v) is 4.07. The van der Waals surface area contributed by atoms with E-state index in [0.29, 0.717) is 19.6 Å². The number of nitrogens with one attached hydrogen (secondary N) is 1. The van der Waals surface area contributed by atoms with Crippen molar-refractivity contribution in [1.82, 2.24) is 15.1 Å². The van der Waals surface area contributed by atoms with Crippen molar-refractivity contribution in [2.75, 3.05) is 33.7 Å². The number of rotatable bonds is 7. The molecule has 2 rings (SSSR count). The van der Waals surface area contributed by atoms with Crippen molar-refractivity contribution in [2.24, 2.45) is 5.92 Å². The Balaban J connectivity index is 1.82. The van der Waals surface area contributed by atoms with Crippen molar-refractivity contribution >= 4 is 17.8 Å². The lowest BCUT2D eigenvalue weighted by Crippen LogP contribution is -2.35. The summed E-state index contributed by atoms with van der Waals surface area (Å²) < 4.78 is 0. The molecular formula is C17H23N3O4. The van der Waals surface area contributed by atoms with Gasteiger partial charge in [0.2, 0.25) is 11.8 Å². The number of hydrogen-bond donors (Lipinski definition) is 2. The summed E-state index contributed by atoms with van der Waals surface area (Å²) in [6.07, 6.45) is 0.247. The number of hydrogen-bond acceptors (Lipinski definition) is 4. The third kappa shape index (κ3) is 4.79. The largest absolute Gasteiger partial charge is 0.478 e. The number of likely N-dealkylation sites (N-methyl/N-ethyl adjacent to an activating group) is 1. The lowest BCUT2D eigenvalue weighted by molar-refractivity contribution is -0.129. The molecule has 7 heteroatoms. The number of carboxylic acid groups (broad SMARTS) is 1. The Morgan fingerprint density at radius 3 is 2.54 bits per heavy atom. The van der Waals surface area contributed by atoms with E-state index < -0.39 is 5.97 Å². The maximum absolute atomic E-state index is 12.2. The molecule has 1 aliphatic rings. The summed E-state index contributed by atoms with van der Waals surface area (Å²) in [6, 6.07) is 6.36. The highest BCUT2D eigenvalue weighted by Gasteiger charge is 2.33. The van der Waals surface area contributed by atoms with Crippen LogP contribution in [0.4, 0.5) is 0 Å². The number of carboxylic acids is 1. The number of aromatic carboxylic acids is 1. The zero-order chi connectivity index (χ0) is 17.7. The fourth-order valence-corrected chi connectivity index (χ4v) is 2.58. The predicted molar refractivity (Wildman–Crippen MR) is 88.5 cm³/mol. The van der Waals surface area contributed by atoms with Gasteiger partial charge in [-0.3, -0.25) is 9.59 Å². The van der Waals surface area contributed by atoms with Crippen LogP contribution in [0.5, 0.6) is 0 Å². The van der Waals surface area contributed by atoms with Gasteiger partial charge in [0.1, 0.15) is 0 Å². The monoisotopic (exact) mass is 333 g/mol. The van der Waals surface area contributed by atoms with E-state index in [-0.39, 0.29) is 29.7 Å². The first-order valence-electron chi connectivity index (χ1n) is 7.89. The maximum Gasteiger partial charge on any atom is 0.335 e. The van der Waals surface area contributed by atoms with Gasteiger partial charge in [-0.25, -0.2) is 4.79 Å². The number of amides is 2. The second-order valence-electron chi connectivity index (χ2n) is 6.26. The highest BCUT2D eigenvalue weighted by molar-refractivity contribution is 5.89. The standard InChI is InChI=1S/C17H23N3O4/c1-19(2)7-8-20-11-14(9-15(20)21)16(22)18-10-12-3-5-13(6-4-12)17(23)24/h3-6,14H,7-11H2,1-2H3,(H,18,22)(H,23,24). The Morgan fingerprint density at radius 2 is 1.96 bits per heavy atom. The first-order chi connectivity index (χ1) is 11.4. The summed E-state index contributed by atoms with van der Waals surface area (Å²) >= 11 is 0. The van der Waals surface area contributed by atoms with Gasteiger partial charge in [0.15, 0.2) is 0 Å². The van der Waals surface area contributed by atoms with Crippen molar-refractivity contribution in [3.8, 4) is 0 Å². The molecule has 1 aliphatic heterocycles. The molecule has 1 heterocycles. The first kappa shape index (κ1) is 17.9. The number of carbonyl (C=O) groups is 3. The van der Waals surface area contributed by atoms with Gasteiger partial charge < -0.3 is 20.2 Å². The number of benzene rings is 1. The molecule has 1 aromatic rings. The van der Waals surface area contributed by atoms with Crippen molar-refractivity contribution < 1.29 is 19.5 Å². The lowest BCUT2D eigenvalue weighted by atomic mass is 10.1. The molecule has 24 heavy (non-hydrogen) atoms. The molecule has 2 N–H and O–H groups in total. The van der Waals surface area contributed by atoms with Crippen LogP contribution >= 0.6 is 0 Å². The summed E-state index contributed by atoms with van der Waals surface area (Å²) in [5.41, 5.74) is 1.03. The molecule has 130 valence electrons. The van der Waals surface area contributed by atoms with E-state index in [9.17, 15) is 14.4 Å². The Bertz CT molecular complexity index is 613. The second kappa shape index (κ2) is 7.92. The SMILES string of the molecule is CN(C)CCN1CC(C(=O)NCc2ccc(C(=O)O)cc2)CC1=O. The van der Waals surface area contributed by atoms with E-state index in [1.807, 2.05) is 19.0 Å². The van der Waals surface area contributed by atoms with Gasteiger partial charge in [-0.1, -0.05) is 12.1 Å². The van der Waals surface area contributed by atoms with Crippen LogP contribution in [0.15, 0.2) is 24.3 Å². The number of nitrogens with zero attached hydrogens (tertiary/aromatic N) is 2. The number of likely N-dealkylation sites (tertiary alicyclic amines) is 1. The molecule has 1 unspecified atom stereocenters. The summed E-state index contributed by atoms with van der Waals surface area (Å²) in [5, 5.41) is 11.7. The highest BCUT2D eigenvalue weighted by Crippen LogP contribution is 2.18. The minimum absolute atomic E-state index is 0.0165. The molecular weight excluding hydrogens is 310 g/mol. The molecule has 7 nitrogen and oxygen atoms in total. The smallest absolute Gasteiger partial charge is 0.335 e. The van der Waals surface area contributed by atoms with Gasteiger partial charge in [0.05, 0.1) is 11.5 Å². The zero-order valence-corrected chi connectivity index (χ0v) is 14.0. The molecule has 0 aliphatic carbocycles. The molecule has 2 amide bonds. The van der Waals surface area contributed by atoms with Crippen molar-refractivity contribution in [1.29, 1.82) is 0 Å². The Morgan fingerprint density at radius 1 is 1.29 bits per heavy atom. The summed E-state index contributed by atoms with van der Waals surface area (Å²) in [5.74, 6) is -1.42. The average Bonchev–Trinajstić information content (AvgIpc) is 2.92. The molecule has 1 saturated heterocycles. The predicted octanol–water partition coefficient (Wildman–Crippen LogP) is 0.411. The lowest BCUT2D eigenvalue weighted by Gasteiger charge is -2.19. The minimum Gasteiger partial charge on any atom is -0.478 e. The Hall–Kier alpha value is -2.41. The van der Waals surface area contributed by atoms with Crippen LogP contribution in [0.2, 0.25) is 0 Å². The Kier molecular flexibility index (Phi) is 5.92. The summed E-state index contributed by atoms with van der Waals surface area (Å²) in [6.45, 7) is 2.18. The highest BCUT2D eigenvalue weighted by atomic mass is 16.4. The van der Waals surface area contributed by atoms with Crippen LogP contribution in [-0.2, 0) is 16.1 Å². The van der Waals surface area contributed by atoms with Gasteiger partial charge >= 0.3 is 5.97 Å². The number of carbonyl (C=O) groups excluding carboxylic acids is 2. The normalized spacial score (nSPS) is 17.4. The first-order valence-corrected chi connectivity index (χ1v) is 7.89. The van der Waals surface area contributed by atoms with E-state index in [1.165, 1.54) is 12.1 Å². The van der Waals surface area contributed by atoms with E-state index in [4.69, 9.17) is 5.11 Å². The Labute approximate surface area is 141 Å². The van der Waals surface area contributed by atoms with Crippen LogP contribution in [-0.4, -0.2) is 66.4 Å². The minimum atomic E-state index is -0.979. The molecule has 0 aromatic heterocycles. The van der Waals surface area contributed by atoms with E-state index in [1.54, 1.807) is 17.0 Å². The van der Waals surface area contributed by atoms with E-state index >= 15 is 0 Å². The third-order valence-electron chi connectivity index (χ3n) is 4.07. The summed E-state index contributed by atoms with van der Waals surface area (Å²) in [7, 11) is 3.89. The molecule has 1 fully saturated rings. The van der Waals surface area contributed by atoms with Crippen LogP contribution < -0.4 is 5.32 Å². The summed E-state index contributed by atoms with van der Waals surface area (Å²) in [4.78, 5) is 38.7. The van der Waals surface area contributed by atoms with Crippen LogP contribution in [0.1, 0.15) is 22.3 Å². The van der Waals surface area contributed by atoms with Gasteiger partial charge in [0.25, 0.3) is 0 Å². The van der Waals surface area contributed by atoms with Crippen molar-refractivity contribution in [2.45, 2.75) is 13.0 Å². The molecule has 1 aromatic carbocycles. The van der Waals surface area contributed by atoms with Gasteiger partial charge in [0, 0.05) is 32.6 Å². The molecule has 0 bridgehead atoms.